The van der Waals surface area contributed by atoms with E-state index in [1.54, 1.807) is 28.4 Å². The minimum absolute atomic E-state index is 0.583. The molecule has 0 atom stereocenters. The molecule has 0 unspecified atom stereocenters. The number of benzene rings is 2. The minimum atomic E-state index is 0.583. The number of aryl methyl sites for hydroxylation is 2. The average Bonchev–Trinajstić information content (AvgIpc) is 2.70. The van der Waals surface area contributed by atoms with Gasteiger partial charge in [0.1, 0.15) is 0 Å². The van der Waals surface area contributed by atoms with E-state index >= 15 is 0 Å². The van der Waals surface area contributed by atoms with E-state index in [9.17, 15) is 0 Å². The van der Waals surface area contributed by atoms with Crippen LogP contribution < -0.4 is 24.8 Å². The molecule has 2 aromatic carbocycles. The van der Waals surface area contributed by atoms with Gasteiger partial charge < -0.3 is 24.8 Å². The van der Waals surface area contributed by atoms with Crippen LogP contribution in [0.2, 0.25) is 0 Å². The Morgan fingerprint density at radius 3 is 2.14 bits per heavy atom. The highest BCUT2D eigenvalue weighted by molar-refractivity contribution is 5.79. The summed E-state index contributed by atoms with van der Waals surface area (Å²) < 4.78 is 16.2. The fourth-order valence-electron chi connectivity index (χ4n) is 3.09. The van der Waals surface area contributed by atoms with Gasteiger partial charge in [-0.05, 0) is 49.1 Å². The van der Waals surface area contributed by atoms with Gasteiger partial charge >= 0.3 is 0 Å². The smallest absolute Gasteiger partial charge is 0.203 e. The van der Waals surface area contributed by atoms with Gasteiger partial charge in [0.25, 0.3) is 0 Å². The van der Waals surface area contributed by atoms with Crippen LogP contribution in [0.4, 0.5) is 0 Å². The third-order valence-corrected chi connectivity index (χ3v) is 4.59. The first kappa shape index (κ1) is 21.4. The zero-order chi connectivity index (χ0) is 20.5. The van der Waals surface area contributed by atoms with Gasteiger partial charge in [-0.25, -0.2) is 0 Å². The molecule has 0 aliphatic heterocycles. The first-order valence-corrected chi connectivity index (χ1v) is 9.31. The highest BCUT2D eigenvalue weighted by atomic mass is 16.5. The van der Waals surface area contributed by atoms with E-state index in [4.69, 9.17) is 14.2 Å². The number of nitrogens with one attached hydrogen (secondary N) is 2. The molecule has 0 heterocycles. The lowest BCUT2D eigenvalue weighted by atomic mass is 10.0. The third kappa shape index (κ3) is 5.55. The summed E-state index contributed by atoms with van der Waals surface area (Å²) in [5, 5.41) is 6.68. The number of methoxy groups -OCH3 is 3. The van der Waals surface area contributed by atoms with E-state index in [1.807, 2.05) is 12.1 Å². The number of rotatable bonds is 8. The van der Waals surface area contributed by atoms with Crippen molar-refractivity contribution < 1.29 is 14.2 Å². The van der Waals surface area contributed by atoms with Gasteiger partial charge in [-0.1, -0.05) is 23.8 Å². The largest absolute Gasteiger partial charge is 0.493 e. The number of ether oxygens (including phenoxy) is 3. The van der Waals surface area contributed by atoms with Crippen LogP contribution in [-0.4, -0.2) is 40.9 Å². The van der Waals surface area contributed by atoms with Gasteiger partial charge in [-0.15, -0.1) is 0 Å². The van der Waals surface area contributed by atoms with Crippen molar-refractivity contribution in [3.63, 3.8) is 0 Å². The number of hydrogen-bond acceptors (Lipinski definition) is 4. The SMILES string of the molecule is CN=C(NCCc1ccc(C)cc1C)NCc1cc(OC)c(OC)c(OC)c1. The Balaban J connectivity index is 1.95. The van der Waals surface area contributed by atoms with Gasteiger partial charge in [0.2, 0.25) is 5.75 Å². The molecule has 0 radical (unpaired) electrons. The van der Waals surface area contributed by atoms with E-state index < -0.39 is 0 Å². The molecule has 6 nitrogen and oxygen atoms in total. The molecular formula is C22H31N3O3. The molecule has 0 bridgehead atoms. The second-order valence-corrected chi connectivity index (χ2v) is 6.57. The lowest BCUT2D eigenvalue weighted by molar-refractivity contribution is 0.323. The van der Waals surface area contributed by atoms with Crippen LogP contribution in [0, 0.1) is 13.8 Å². The predicted octanol–water partition coefficient (Wildman–Crippen LogP) is 3.24. The van der Waals surface area contributed by atoms with Gasteiger partial charge in [0.05, 0.1) is 21.3 Å². The summed E-state index contributed by atoms with van der Waals surface area (Å²) in [6.45, 7) is 5.66. The number of nitrogens with zero attached hydrogens (tertiary/aromatic N) is 1. The molecule has 0 aliphatic carbocycles. The van der Waals surface area contributed by atoms with Crippen molar-refractivity contribution in [3.05, 3.63) is 52.6 Å². The quantitative estimate of drug-likeness (QED) is 0.540. The lowest BCUT2D eigenvalue weighted by Gasteiger charge is -2.16. The third-order valence-electron chi connectivity index (χ3n) is 4.59. The molecule has 152 valence electrons. The molecule has 28 heavy (non-hydrogen) atoms. The second kappa shape index (κ2) is 10.4. The summed E-state index contributed by atoms with van der Waals surface area (Å²) in [5.41, 5.74) is 4.96. The molecule has 2 rings (SSSR count). The van der Waals surface area contributed by atoms with E-state index in [0.29, 0.717) is 23.8 Å². The maximum atomic E-state index is 5.41. The van der Waals surface area contributed by atoms with Crippen molar-refractivity contribution >= 4 is 5.96 Å². The molecule has 2 N–H and O–H groups in total. The Bertz CT molecular complexity index is 794. The van der Waals surface area contributed by atoms with Crippen molar-refractivity contribution in [2.45, 2.75) is 26.8 Å². The molecule has 0 saturated carbocycles. The molecular weight excluding hydrogens is 354 g/mol. The first-order chi connectivity index (χ1) is 13.5. The molecule has 0 amide bonds. The highest BCUT2D eigenvalue weighted by Crippen LogP contribution is 2.38. The lowest BCUT2D eigenvalue weighted by Crippen LogP contribution is -2.37. The monoisotopic (exact) mass is 385 g/mol. The van der Waals surface area contributed by atoms with Crippen LogP contribution >= 0.6 is 0 Å². The summed E-state index contributed by atoms with van der Waals surface area (Å²) in [5.74, 6) is 2.61. The fourth-order valence-corrected chi connectivity index (χ4v) is 3.09. The zero-order valence-corrected chi connectivity index (χ0v) is 17.7. The van der Waals surface area contributed by atoms with Crippen LogP contribution in [0.3, 0.4) is 0 Å². The van der Waals surface area contributed by atoms with Gasteiger partial charge in [0.15, 0.2) is 17.5 Å². The van der Waals surface area contributed by atoms with Gasteiger partial charge in [0, 0.05) is 20.1 Å². The Labute approximate surface area is 167 Å². The van der Waals surface area contributed by atoms with Crippen molar-refractivity contribution in [3.8, 4) is 17.2 Å². The van der Waals surface area contributed by atoms with Crippen LogP contribution in [0.25, 0.3) is 0 Å². The van der Waals surface area contributed by atoms with E-state index in [1.165, 1.54) is 16.7 Å². The first-order valence-electron chi connectivity index (χ1n) is 9.31. The minimum Gasteiger partial charge on any atom is -0.493 e. The normalized spacial score (nSPS) is 11.1. The second-order valence-electron chi connectivity index (χ2n) is 6.57. The van der Waals surface area contributed by atoms with Crippen molar-refractivity contribution in [2.75, 3.05) is 34.9 Å². The van der Waals surface area contributed by atoms with Crippen LogP contribution in [-0.2, 0) is 13.0 Å². The molecule has 0 fully saturated rings. The fraction of sp³-hybridized carbons (Fsp3) is 0.409. The van der Waals surface area contributed by atoms with E-state index in [2.05, 4.69) is 47.7 Å². The molecule has 6 heteroatoms. The Morgan fingerprint density at radius 2 is 1.61 bits per heavy atom. The van der Waals surface area contributed by atoms with Crippen molar-refractivity contribution in [2.24, 2.45) is 4.99 Å². The maximum absolute atomic E-state index is 5.41. The van der Waals surface area contributed by atoms with Crippen LogP contribution in [0.1, 0.15) is 22.3 Å². The summed E-state index contributed by atoms with van der Waals surface area (Å²) in [6, 6.07) is 10.4. The zero-order valence-electron chi connectivity index (χ0n) is 17.7. The summed E-state index contributed by atoms with van der Waals surface area (Å²) in [6.07, 6.45) is 0.941. The topological polar surface area (TPSA) is 64.1 Å². The number of guanidine groups is 1. The van der Waals surface area contributed by atoms with Crippen LogP contribution in [0.5, 0.6) is 17.2 Å². The van der Waals surface area contributed by atoms with Crippen molar-refractivity contribution in [1.82, 2.24) is 10.6 Å². The molecule has 0 aromatic heterocycles. The van der Waals surface area contributed by atoms with E-state index in [-0.39, 0.29) is 0 Å². The van der Waals surface area contributed by atoms with Crippen LogP contribution in [0.15, 0.2) is 35.3 Å². The van der Waals surface area contributed by atoms with E-state index in [0.717, 1.165) is 24.5 Å². The standard InChI is InChI=1S/C22H31N3O3/c1-15-7-8-18(16(2)11-15)9-10-24-22(23-3)25-14-17-12-19(26-4)21(28-6)20(13-17)27-5/h7-8,11-13H,9-10,14H2,1-6H3,(H2,23,24,25). The van der Waals surface area contributed by atoms with Gasteiger partial charge in [-0.2, -0.15) is 0 Å². The van der Waals surface area contributed by atoms with Gasteiger partial charge in [-0.3, -0.25) is 4.99 Å². The average molecular weight is 386 g/mol. The maximum Gasteiger partial charge on any atom is 0.203 e. The highest BCUT2D eigenvalue weighted by Gasteiger charge is 2.13. The summed E-state index contributed by atoms with van der Waals surface area (Å²) in [7, 11) is 6.59. The Hall–Kier alpha value is -2.89. The Morgan fingerprint density at radius 1 is 0.929 bits per heavy atom. The Kier molecular flexibility index (Phi) is 7.99. The molecule has 2 aromatic rings. The summed E-state index contributed by atoms with van der Waals surface area (Å²) in [4.78, 5) is 4.30. The molecule has 0 aliphatic rings. The predicted molar refractivity (Wildman–Crippen MR) is 114 cm³/mol. The summed E-state index contributed by atoms with van der Waals surface area (Å²) >= 11 is 0. The number of hydrogen-bond donors (Lipinski definition) is 2. The molecule has 0 spiro atoms. The molecule has 0 saturated heterocycles. The van der Waals surface area contributed by atoms with Crippen molar-refractivity contribution in [1.29, 1.82) is 0 Å². The number of aliphatic imine (C=N–C) groups is 1.